The molecule has 6 heteroatoms. The Morgan fingerprint density at radius 2 is 2.08 bits per heavy atom. The third kappa shape index (κ3) is 3.93. The zero-order valence-electron chi connectivity index (χ0n) is 13.5. The normalized spacial score (nSPS) is 12.5. The van der Waals surface area contributed by atoms with Crippen molar-refractivity contribution in [3.8, 4) is 0 Å². The first-order valence-corrected chi connectivity index (χ1v) is 8.83. The molecule has 24 heavy (non-hydrogen) atoms. The van der Waals surface area contributed by atoms with Gasteiger partial charge in [0, 0.05) is 10.7 Å². The average Bonchev–Trinajstić information content (AvgIpc) is 2.97. The molecule has 2 aromatic carbocycles. The highest BCUT2D eigenvalue weighted by Crippen LogP contribution is 2.28. The van der Waals surface area contributed by atoms with E-state index in [0.29, 0.717) is 10.7 Å². The molecular weight excluding hydrogens is 342 g/mol. The molecule has 0 radical (unpaired) electrons. The van der Waals surface area contributed by atoms with Crippen molar-refractivity contribution in [1.82, 2.24) is 9.88 Å². The Morgan fingerprint density at radius 3 is 2.83 bits per heavy atom. The number of aromatic nitrogens is 1. The lowest BCUT2D eigenvalue weighted by Crippen LogP contribution is -2.32. The summed E-state index contributed by atoms with van der Waals surface area (Å²) in [4.78, 5) is 18.9. The topological polar surface area (TPSA) is 45.2 Å². The van der Waals surface area contributed by atoms with Crippen LogP contribution >= 0.6 is 22.9 Å². The SMILES string of the molecule is C[C@@H](c1nc2ccccc2s1)N(C)CC(=O)Nc1cccc(Cl)c1. The van der Waals surface area contributed by atoms with E-state index in [9.17, 15) is 4.79 Å². The van der Waals surface area contributed by atoms with Gasteiger partial charge in [-0.05, 0) is 44.3 Å². The van der Waals surface area contributed by atoms with Crippen LogP contribution in [-0.4, -0.2) is 29.4 Å². The number of hydrogen-bond donors (Lipinski definition) is 1. The summed E-state index contributed by atoms with van der Waals surface area (Å²) in [7, 11) is 1.92. The molecule has 0 aliphatic rings. The fraction of sp³-hybridized carbons (Fsp3) is 0.222. The lowest BCUT2D eigenvalue weighted by Gasteiger charge is -2.22. The van der Waals surface area contributed by atoms with Gasteiger partial charge >= 0.3 is 0 Å². The highest BCUT2D eigenvalue weighted by atomic mass is 35.5. The van der Waals surface area contributed by atoms with Gasteiger partial charge in [-0.3, -0.25) is 9.69 Å². The van der Waals surface area contributed by atoms with Crippen molar-refractivity contribution in [3.05, 3.63) is 58.6 Å². The second-order valence-corrected chi connectivity index (χ2v) is 7.17. The fourth-order valence-corrected chi connectivity index (χ4v) is 3.66. The van der Waals surface area contributed by atoms with Gasteiger partial charge in [0.25, 0.3) is 0 Å². The van der Waals surface area contributed by atoms with Crippen LogP contribution in [0.4, 0.5) is 5.69 Å². The minimum Gasteiger partial charge on any atom is -0.325 e. The summed E-state index contributed by atoms with van der Waals surface area (Å²) in [5, 5.41) is 4.47. The maximum absolute atomic E-state index is 12.2. The van der Waals surface area contributed by atoms with Crippen molar-refractivity contribution >= 4 is 44.7 Å². The Labute approximate surface area is 150 Å². The number of anilines is 1. The van der Waals surface area contributed by atoms with Crippen molar-refractivity contribution in [2.75, 3.05) is 18.9 Å². The average molecular weight is 360 g/mol. The quantitative estimate of drug-likeness (QED) is 0.725. The molecule has 0 saturated heterocycles. The molecule has 0 aliphatic heterocycles. The predicted molar refractivity (Wildman–Crippen MR) is 101 cm³/mol. The lowest BCUT2D eigenvalue weighted by molar-refractivity contribution is -0.117. The minimum absolute atomic E-state index is 0.0625. The molecule has 0 spiro atoms. The third-order valence-corrected chi connectivity index (χ3v) is 5.27. The summed E-state index contributed by atoms with van der Waals surface area (Å²) >= 11 is 7.60. The standard InChI is InChI=1S/C18H18ClN3OS/c1-12(18-21-15-8-3-4-9-16(15)24-18)22(2)11-17(23)20-14-7-5-6-13(19)10-14/h3-10,12H,11H2,1-2H3,(H,20,23)/t12-/m0/s1. The number of thiazole rings is 1. The van der Waals surface area contributed by atoms with Crippen LogP contribution in [-0.2, 0) is 4.79 Å². The molecule has 1 N–H and O–H groups in total. The summed E-state index contributed by atoms with van der Waals surface area (Å²) in [5.74, 6) is -0.0762. The first kappa shape index (κ1) is 16.9. The Kier molecular flexibility index (Phi) is 5.14. The number of amides is 1. The molecule has 0 unspecified atom stereocenters. The Morgan fingerprint density at radius 1 is 1.29 bits per heavy atom. The van der Waals surface area contributed by atoms with Crippen LogP contribution in [0.25, 0.3) is 10.2 Å². The van der Waals surface area contributed by atoms with Gasteiger partial charge in [0.05, 0.1) is 22.8 Å². The Balaban J connectivity index is 1.65. The molecule has 124 valence electrons. The summed E-state index contributed by atoms with van der Waals surface area (Å²) < 4.78 is 1.16. The molecule has 3 rings (SSSR count). The van der Waals surface area contributed by atoms with Crippen LogP contribution in [0, 0.1) is 0 Å². The van der Waals surface area contributed by atoms with E-state index in [4.69, 9.17) is 11.6 Å². The summed E-state index contributed by atoms with van der Waals surface area (Å²) in [6, 6.07) is 15.3. The smallest absolute Gasteiger partial charge is 0.238 e. The molecule has 3 aromatic rings. The fourth-order valence-electron chi connectivity index (χ4n) is 2.39. The van der Waals surface area contributed by atoms with E-state index in [1.54, 1.807) is 23.5 Å². The van der Waals surface area contributed by atoms with Gasteiger partial charge in [-0.2, -0.15) is 0 Å². The second kappa shape index (κ2) is 7.30. The molecule has 1 heterocycles. The second-order valence-electron chi connectivity index (χ2n) is 5.67. The van der Waals surface area contributed by atoms with Crippen LogP contribution < -0.4 is 5.32 Å². The molecule has 0 fully saturated rings. The first-order chi connectivity index (χ1) is 11.5. The largest absolute Gasteiger partial charge is 0.325 e. The van der Waals surface area contributed by atoms with E-state index in [0.717, 1.165) is 15.2 Å². The minimum atomic E-state index is -0.0762. The van der Waals surface area contributed by atoms with Gasteiger partial charge in [0.2, 0.25) is 5.91 Å². The van der Waals surface area contributed by atoms with Gasteiger partial charge in [0.1, 0.15) is 5.01 Å². The van der Waals surface area contributed by atoms with E-state index >= 15 is 0 Å². The number of para-hydroxylation sites is 1. The number of halogens is 1. The molecule has 1 aromatic heterocycles. The number of rotatable bonds is 5. The highest BCUT2D eigenvalue weighted by Gasteiger charge is 2.18. The van der Waals surface area contributed by atoms with Gasteiger partial charge in [0.15, 0.2) is 0 Å². The van der Waals surface area contributed by atoms with Crippen LogP contribution in [0.3, 0.4) is 0 Å². The number of hydrogen-bond acceptors (Lipinski definition) is 4. The molecule has 0 saturated carbocycles. The Hall–Kier alpha value is -1.95. The van der Waals surface area contributed by atoms with Crippen molar-refractivity contribution < 1.29 is 4.79 Å². The number of carbonyl (C=O) groups excluding carboxylic acids is 1. The van der Waals surface area contributed by atoms with Crippen LogP contribution in [0.15, 0.2) is 48.5 Å². The number of benzene rings is 2. The van der Waals surface area contributed by atoms with Crippen molar-refractivity contribution in [1.29, 1.82) is 0 Å². The number of nitrogens with zero attached hydrogens (tertiary/aromatic N) is 2. The maximum atomic E-state index is 12.2. The van der Waals surface area contributed by atoms with E-state index < -0.39 is 0 Å². The van der Waals surface area contributed by atoms with E-state index in [2.05, 4.69) is 23.3 Å². The van der Waals surface area contributed by atoms with E-state index in [-0.39, 0.29) is 18.5 Å². The number of fused-ring (bicyclic) bond motifs is 1. The Bertz CT molecular complexity index is 831. The van der Waals surface area contributed by atoms with E-state index in [1.165, 1.54) is 0 Å². The molecule has 1 atom stereocenters. The van der Waals surface area contributed by atoms with Crippen LogP contribution in [0.1, 0.15) is 18.0 Å². The number of carbonyl (C=O) groups is 1. The maximum Gasteiger partial charge on any atom is 0.238 e. The molecule has 4 nitrogen and oxygen atoms in total. The van der Waals surface area contributed by atoms with Crippen LogP contribution in [0.2, 0.25) is 5.02 Å². The zero-order valence-corrected chi connectivity index (χ0v) is 15.1. The van der Waals surface area contributed by atoms with Crippen molar-refractivity contribution in [3.63, 3.8) is 0 Å². The summed E-state index contributed by atoms with van der Waals surface area (Å²) in [6.07, 6.45) is 0. The molecule has 1 amide bonds. The summed E-state index contributed by atoms with van der Waals surface area (Å²) in [6.45, 7) is 2.34. The number of nitrogens with one attached hydrogen (secondary N) is 1. The molecular formula is C18H18ClN3OS. The van der Waals surface area contributed by atoms with Crippen molar-refractivity contribution in [2.24, 2.45) is 0 Å². The summed E-state index contributed by atoms with van der Waals surface area (Å²) in [5.41, 5.74) is 1.70. The zero-order chi connectivity index (χ0) is 17.1. The molecule has 0 aliphatic carbocycles. The van der Waals surface area contributed by atoms with E-state index in [1.807, 2.05) is 42.3 Å². The van der Waals surface area contributed by atoms with Gasteiger partial charge < -0.3 is 5.32 Å². The highest BCUT2D eigenvalue weighted by molar-refractivity contribution is 7.18. The van der Waals surface area contributed by atoms with Gasteiger partial charge in [-0.15, -0.1) is 11.3 Å². The van der Waals surface area contributed by atoms with Crippen molar-refractivity contribution in [2.45, 2.75) is 13.0 Å². The monoisotopic (exact) mass is 359 g/mol. The van der Waals surface area contributed by atoms with Crippen LogP contribution in [0.5, 0.6) is 0 Å². The predicted octanol–water partition coefficient (Wildman–Crippen LogP) is 4.58. The third-order valence-electron chi connectivity index (χ3n) is 3.83. The lowest BCUT2D eigenvalue weighted by atomic mass is 10.3. The first-order valence-electron chi connectivity index (χ1n) is 7.64. The molecule has 0 bridgehead atoms. The number of likely N-dealkylation sites (N-methyl/N-ethyl adjacent to an activating group) is 1. The van der Waals surface area contributed by atoms with Gasteiger partial charge in [-0.25, -0.2) is 4.98 Å². The van der Waals surface area contributed by atoms with Gasteiger partial charge in [-0.1, -0.05) is 29.8 Å².